The quantitative estimate of drug-likeness (QED) is 0.731. The standard InChI is InChI=1S/C12H15NO4/c14-9-6-8(12(16)17)11(15)13-10(9)7-4-2-1-3-5-7/h6-7,14H,1-5H2,(H,13,15)(H,16,17). The van der Waals surface area contributed by atoms with E-state index in [1.807, 2.05) is 0 Å². The Morgan fingerprint density at radius 2 is 1.94 bits per heavy atom. The first-order chi connectivity index (χ1) is 8.09. The van der Waals surface area contributed by atoms with Crippen molar-refractivity contribution in [2.75, 3.05) is 0 Å². The second kappa shape index (κ2) is 4.61. The molecule has 5 heteroatoms. The Morgan fingerprint density at radius 3 is 2.53 bits per heavy atom. The third kappa shape index (κ3) is 2.33. The number of nitrogens with one attached hydrogen (secondary N) is 1. The van der Waals surface area contributed by atoms with Crippen molar-refractivity contribution >= 4 is 5.97 Å². The lowest BCUT2D eigenvalue weighted by molar-refractivity contribution is 0.0694. The van der Waals surface area contributed by atoms with Crippen LogP contribution in [0.25, 0.3) is 0 Å². The minimum Gasteiger partial charge on any atom is -0.506 e. The first-order valence-corrected chi connectivity index (χ1v) is 5.79. The number of carboxylic acid groups (broad SMARTS) is 1. The van der Waals surface area contributed by atoms with Crippen molar-refractivity contribution in [1.29, 1.82) is 0 Å². The van der Waals surface area contributed by atoms with Crippen molar-refractivity contribution < 1.29 is 15.0 Å². The van der Waals surface area contributed by atoms with Gasteiger partial charge in [-0.3, -0.25) is 4.79 Å². The zero-order valence-electron chi connectivity index (χ0n) is 9.40. The van der Waals surface area contributed by atoms with Crippen LogP contribution < -0.4 is 5.56 Å². The van der Waals surface area contributed by atoms with Gasteiger partial charge in [0.2, 0.25) is 0 Å². The van der Waals surface area contributed by atoms with Crippen molar-refractivity contribution in [2.45, 2.75) is 38.0 Å². The summed E-state index contributed by atoms with van der Waals surface area (Å²) in [6.07, 6.45) is 5.18. The molecule has 3 N–H and O–H groups in total. The first-order valence-electron chi connectivity index (χ1n) is 5.79. The molecule has 0 unspecified atom stereocenters. The number of hydrogen-bond acceptors (Lipinski definition) is 3. The molecule has 1 aliphatic rings. The van der Waals surface area contributed by atoms with Crippen molar-refractivity contribution in [3.05, 3.63) is 27.7 Å². The average molecular weight is 237 g/mol. The van der Waals surface area contributed by atoms with E-state index < -0.39 is 17.1 Å². The van der Waals surface area contributed by atoms with Crippen LogP contribution in [0.1, 0.15) is 54.1 Å². The molecule has 1 heterocycles. The summed E-state index contributed by atoms with van der Waals surface area (Å²) in [6, 6.07) is 1.05. The van der Waals surface area contributed by atoms with Gasteiger partial charge in [-0.15, -0.1) is 0 Å². The van der Waals surface area contributed by atoms with Crippen LogP contribution in [-0.2, 0) is 0 Å². The van der Waals surface area contributed by atoms with Crippen LogP contribution in [0.4, 0.5) is 0 Å². The zero-order valence-corrected chi connectivity index (χ0v) is 9.40. The van der Waals surface area contributed by atoms with E-state index >= 15 is 0 Å². The predicted octanol–water partition coefficient (Wildman–Crippen LogP) is 1.83. The van der Waals surface area contributed by atoms with Crippen molar-refractivity contribution in [1.82, 2.24) is 4.98 Å². The fraction of sp³-hybridized carbons (Fsp3) is 0.500. The molecule has 0 atom stereocenters. The average Bonchev–Trinajstić information content (AvgIpc) is 2.32. The highest BCUT2D eigenvalue weighted by Crippen LogP contribution is 2.35. The maximum Gasteiger partial charge on any atom is 0.341 e. The summed E-state index contributed by atoms with van der Waals surface area (Å²) in [5.41, 5.74) is -0.572. The molecule has 5 nitrogen and oxygen atoms in total. The van der Waals surface area contributed by atoms with Crippen molar-refractivity contribution in [2.24, 2.45) is 0 Å². The Kier molecular flexibility index (Phi) is 3.17. The molecular formula is C12H15NO4. The molecule has 0 bridgehead atoms. The van der Waals surface area contributed by atoms with Gasteiger partial charge in [0.05, 0.1) is 5.69 Å². The largest absolute Gasteiger partial charge is 0.506 e. The lowest BCUT2D eigenvalue weighted by atomic mass is 9.86. The fourth-order valence-corrected chi connectivity index (χ4v) is 2.40. The van der Waals surface area contributed by atoms with Gasteiger partial charge in [0.1, 0.15) is 11.3 Å². The number of aromatic amines is 1. The van der Waals surface area contributed by atoms with E-state index in [2.05, 4.69) is 4.98 Å². The minimum absolute atomic E-state index is 0.117. The lowest BCUT2D eigenvalue weighted by Crippen LogP contribution is -2.20. The van der Waals surface area contributed by atoms with Gasteiger partial charge in [0.15, 0.2) is 0 Å². The Morgan fingerprint density at radius 1 is 1.29 bits per heavy atom. The van der Waals surface area contributed by atoms with Crippen LogP contribution in [0.5, 0.6) is 5.75 Å². The summed E-state index contributed by atoms with van der Waals surface area (Å²) in [7, 11) is 0. The van der Waals surface area contributed by atoms with Gasteiger partial charge in [-0.1, -0.05) is 19.3 Å². The monoisotopic (exact) mass is 237 g/mol. The number of aromatic hydroxyl groups is 1. The molecule has 0 aromatic carbocycles. The maximum absolute atomic E-state index is 11.5. The molecule has 0 amide bonds. The molecule has 0 aliphatic heterocycles. The highest BCUT2D eigenvalue weighted by Gasteiger charge is 2.21. The number of pyridine rings is 1. The SMILES string of the molecule is O=C(O)c1cc(O)c(C2CCCCC2)[nH]c1=O. The van der Waals surface area contributed by atoms with Crippen molar-refractivity contribution in [3.8, 4) is 5.75 Å². The molecule has 0 spiro atoms. The number of aromatic carboxylic acids is 1. The highest BCUT2D eigenvalue weighted by molar-refractivity contribution is 5.87. The van der Waals surface area contributed by atoms with E-state index in [-0.39, 0.29) is 11.7 Å². The van der Waals surface area contributed by atoms with Crippen LogP contribution >= 0.6 is 0 Å². The number of H-pyrrole nitrogens is 1. The maximum atomic E-state index is 11.5. The molecule has 1 saturated carbocycles. The molecule has 1 aliphatic carbocycles. The van der Waals surface area contributed by atoms with E-state index in [0.29, 0.717) is 5.69 Å². The van der Waals surface area contributed by atoms with Crippen LogP contribution in [-0.4, -0.2) is 21.2 Å². The number of hydrogen-bond donors (Lipinski definition) is 3. The first kappa shape index (κ1) is 11.7. The Balaban J connectivity index is 2.38. The second-order valence-corrected chi connectivity index (χ2v) is 4.45. The van der Waals surface area contributed by atoms with Crippen LogP contribution in [0, 0.1) is 0 Å². The number of carboxylic acids is 1. The normalized spacial score (nSPS) is 16.9. The van der Waals surface area contributed by atoms with Crippen molar-refractivity contribution in [3.63, 3.8) is 0 Å². The van der Waals surface area contributed by atoms with Crippen LogP contribution in [0.3, 0.4) is 0 Å². The van der Waals surface area contributed by atoms with E-state index in [0.717, 1.165) is 31.7 Å². The summed E-state index contributed by atoms with van der Waals surface area (Å²) in [5.74, 6) is -1.30. The minimum atomic E-state index is -1.32. The number of rotatable bonds is 2. The van der Waals surface area contributed by atoms with Crippen LogP contribution in [0.2, 0.25) is 0 Å². The molecule has 92 valence electrons. The molecule has 1 aromatic heterocycles. The third-order valence-electron chi connectivity index (χ3n) is 3.29. The fourth-order valence-electron chi connectivity index (χ4n) is 2.40. The predicted molar refractivity (Wildman–Crippen MR) is 61.5 cm³/mol. The van der Waals surface area contributed by atoms with Gasteiger partial charge in [0, 0.05) is 12.0 Å². The second-order valence-electron chi connectivity index (χ2n) is 4.45. The molecule has 1 fully saturated rings. The third-order valence-corrected chi connectivity index (χ3v) is 3.29. The molecule has 17 heavy (non-hydrogen) atoms. The molecule has 0 radical (unpaired) electrons. The van der Waals surface area contributed by atoms with Gasteiger partial charge in [-0.2, -0.15) is 0 Å². The van der Waals surface area contributed by atoms with Gasteiger partial charge < -0.3 is 15.2 Å². The van der Waals surface area contributed by atoms with E-state index in [9.17, 15) is 14.7 Å². The lowest BCUT2D eigenvalue weighted by Gasteiger charge is -2.22. The highest BCUT2D eigenvalue weighted by atomic mass is 16.4. The topological polar surface area (TPSA) is 90.4 Å². The number of carbonyl (C=O) groups is 1. The van der Waals surface area contributed by atoms with Gasteiger partial charge in [-0.05, 0) is 12.8 Å². The van der Waals surface area contributed by atoms with E-state index in [1.54, 1.807) is 0 Å². The van der Waals surface area contributed by atoms with Gasteiger partial charge in [0.25, 0.3) is 5.56 Å². The molecule has 0 saturated heterocycles. The Hall–Kier alpha value is -1.78. The summed E-state index contributed by atoms with van der Waals surface area (Å²) in [4.78, 5) is 24.8. The molecular weight excluding hydrogens is 222 g/mol. The Labute approximate surface area is 98.1 Å². The summed E-state index contributed by atoms with van der Waals surface area (Å²) in [5, 5.41) is 18.5. The summed E-state index contributed by atoms with van der Waals surface area (Å²) < 4.78 is 0. The Bertz CT molecular complexity index is 486. The summed E-state index contributed by atoms with van der Waals surface area (Å²) >= 11 is 0. The van der Waals surface area contributed by atoms with Crippen LogP contribution in [0.15, 0.2) is 10.9 Å². The van der Waals surface area contributed by atoms with E-state index in [1.165, 1.54) is 6.42 Å². The molecule has 1 aromatic rings. The number of aromatic nitrogens is 1. The van der Waals surface area contributed by atoms with E-state index in [4.69, 9.17) is 5.11 Å². The van der Waals surface area contributed by atoms with Gasteiger partial charge in [-0.25, -0.2) is 4.79 Å². The zero-order chi connectivity index (χ0) is 12.4. The summed E-state index contributed by atoms with van der Waals surface area (Å²) in [6.45, 7) is 0. The van der Waals surface area contributed by atoms with Gasteiger partial charge >= 0.3 is 5.97 Å². The molecule has 2 rings (SSSR count). The smallest absolute Gasteiger partial charge is 0.341 e.